The van der Waals surface area contributed by atoms with Crippen LogP contribution in [-0.2, 0) is 9.59 Å². The summed E-state index contributed by atoms with van der Waals surface area (Å²) in [4.78, 5) is 21.9. The van der Waals surface area contributed by atoms with Crippen molar-refractivity contribution in [3.8, 4) is 0 Å². The summed E-state index contributed by atoms with van der Waals surface area (Å²) in [5.41, 5.74) is 1.97. The molecule has 0 saturated heterocycles. The largest absolute Gasteiger partial charge is 0.481 e. The van der Waals surface area contributed by atoms with Crippen molar-refractivity contribution < 1.29 is 14.7 Å². The first-order chi connectivity index (χ1) is 6.16. The molecule has 1 rings (SSSR count). The number of allylic oxidation sites excluding steroid dienone is 1. The van der Waals surface area contributed by atoms with E-state index in [-0.39, 0.29) is 0 Å². The molecular weight excluding hydrogens is 172 g/mol. The van der Waals surface area contributed by atoms with E-state index < -0.39 is 23.7 Å². The molecule has 0 aliphatic heterocycles. The van der Waals surface area contributed by atoms with Crippen molar-refractivity contribution in [2.24, 2.45) is 17.7 Å². The van der Waals surface area contributed by atoms with E-state index in [9.17, 15) is 9.59 Å². The van der Waals surface area contributed by atoms with Crippen LogP contribution in [0.25, 0.3) is 0 Å². The molecule has 0 aromatic heterocycles. The molecular formula is C8H12N2O3. The van der Waals surface area contributed by atoms with Crippen molar-refractivity contribution in [2.75, 3.05) is 0 Å². The van der Waals surface area contributed by atoms with Gasteiger partial charge in [-0.1, -0.05) is 12.2 Å². The zero-order valence-corrected chi connectivity index (χ0v) is 7.06. The van der Waals surface area contributed by atoms with Gasteiger partial charge in [-0.3, -0.25) is 15.0 Å². The van der Waals surface area contributed by atoms with Crippen LogP contribution in [-0.4, -0.2) is 17.0 Å². The maximum absolute atomic E-state index is 11.1. The molecule has 0 spiro atoms. The highest BCUT2D eigenvalue weighted by molar-refractivity contribution is 5.86. The van der Waals surface area contributed by atoms with Crippen LogP contribution in [0.3, 0.4) is 0 Å². The molecule has 0 aromatic carbocycles. The first-order valence-electron chi connectivity index (χ1n) is 4.06. The Bertz CT molecular complexity index is 250. The van der Waals surface area contributed by atoms with Gasteiger partial charge in [0.05, 0.1) is 11.8 Å². The van der Waals surface area contributed by atoms with Crippen molar-refractivity contribution >= 4 is 11.9 Å². The van der Waals surface area contributed by atoms with Gasteiger partial charge in [-0.25, -0.2) is 5.84 Å². The number of hydrogen-bond acceptors (Lipinski definition) is 3. The van der Waals surface area contributed by atoms with Crippen molar-refractivity contribution in [1.29, 1.82) is 0 Å². The van der Waals surface area contributed by atoms with Crippen LogP contribution in [0.15, 0.2) is 12.2 Å². The third-order valence-electron chi connectivity index (χ3n) is 2.18. The van der Waals surface area contributed by atoms with E-state index in [0.717, 1.165) is 0 Å². The Hall–Kier alpha value is -1.36. The van der Waals surface area contributed by atoms with Gasteiger partial charge in [0.15, 0.2) is 0 Å². The van der Waals surface area contributed by atoms with E-state index in [1.165, 1.54) is 0 Å². The fraction of sp³-hybridized carbons (Fsp3) is 0.500. The fourth-order valence-corrected chi connectivity index (χ4v) is 1.48. The van der Waals surface area contributed by atoms with Crippen LogP contribution in [0.4, 0.5) is 0 Å². The highest BCUT2D eigenvalue weighted by Crippen LogP contribution is 2.24. The highest BCUT2D eigenvalue weighted by atomic mass is 16.4. The molecule has 0 fully saturated rings. The number of carboxylic acid groups (broad SMARTS) is 1. The summed E-state index contributed by atoms with van der Waals surface area (Å²) >= 11 is 0. The lowest BCUT2D eigenvalue weighted by Crippen LogP contribution is -2.41. The molecule has 1 amide bonds. The van der Waals surface area contributed by atoms with E-state index in [0.29, 0.717) is 12.8 Å². The normalized spacial score (nSPS) is 26.8. The van der Waals surface area contributed by atoms with Crippen LogP contribution in [0, 0.1) is 11.8 Å². The molecule has 2 unspecified atom stereocenters. The summed E-state index contributed by atoms with van der Waals surface area (Å²) in [6.45, 7) is 0. The van der Waals surface area contributed by atoms with Crippen LogP contribution in [0.2, 0.25) is 0 Å². The zero-order chi connectivity index (χ0) is 9.84. The van der Waals surface area contributed by atoms with Gasteiger partial charge in [0.2, 0.25) is 5.91 Å². The average molecular weight is 184 g/mol. The molecule has 2 atom stereocenters. The van der Waals surface area contributed by atoms with E-state index in [1.807, 2.05) is 5.43 Å². The summed E-state index contributed by atoms with van der Waals surface area (Å²) in [6, 6.07) is 0. The minimum atomic E-state index is -0.946. The highest BCUT2D eigenvalue weighted by Gasteiger charge is 2.32. The number of hydrazine groups is 1. The molecule has 5 nitrogen and oxygen atoms in total. The molecule has 0 bridgehead atoms. The summed E-state index contributed by atoms with van der Waals surface area (Å²) in [6.07, 6.45) is 4.60. The Morgan fingerprint density at radius 1 is 1.54 bits per heavy atom. The lowest BCUT2D eigenvalue weighted by Gasteiger charge is -2.22. The Morgan fingerprint density at radius 3 is 2.77 bits per heavy atom. The third kappa shape index (κ3) is 2.06. The average Bonchev–Trinajstić information content (AvgIpc) is 2.16. The smallest absolute Gasteiger partial charge is 0.307 e. The number of hydrogen-bond donors (Lipinski definition) is 3. The van der Waals surface area contributed by atoms with Gasteiger partial charge >= 0.3 is 5.97 Å². The predicted octanol–water partition coefficient (Wildman–Crippen LogP) is -0.357. The van der Waals surface area contributed by atoms with Crippen molar-refractivity contribution in [2.45, 2.75) is 12.8 Å². The topological polar surface area (TPSA) is 92.4 Å². The van der Waals surface area contributed by atoms with Gasteiger partial charge in [0.25, 0.3) is 0 Å². The number of nitrogens with one attached hydrogen (secondary N) is 1. The molecule has 0 aromatic rings. The third-order valence-corrected chi connectivity index (χ3v) is 2.18. The van der Waals surface area contributed by atoms with Gasteiger partial charge in [-0.2, -0.15) is 0 Å². The summed E-state index contributed by atoms with van der Waals surface area (Å²) < 4.78 is 0. The van der Waals surface area contributed by atoms with Gasteiger partial charge in [0, 0.05) is 0 Å². The molecule has 0 saturated carbocycles. The van der Waals surface area contributed by atoms with Crippen LogP contribution in [0.5, 0.6) is 0 Å². The molecule has 4 N–H and O–H groups in total. The maximum atomic E-state index is 11.1. The van der Waals surface area contributed by atoms with Crippen molar-refractivity contribution in [3.63, 3.8) is 0 Å². The van der Waals surface area contributed by atoms with Gasteiger partial charge in [-0.15, -0.1) is 0 Å². The van der Waals surface area contributed by atoms with Crippen LogP contribution in [0.1, 0.15) is 12.8 Å². The first-order valence-corrected chi connectivity index (χ1v) is 4.06. The lowest BCUT2D eigenvalue weighted by molar-refractivity contribution is -0.146. The van der Waals surface area contributed by atoms with Crippen molar-refractivity contribution in [1.82, 2.24) is 5.43 Å². The Labute approximate surface area is 75.6 Å². The van der Waals surface area contributed by atoms with E-state index in [2.05, 4.69) is 0 Å². The summed E-state index contributed by atoms with van der Waals surface area (Å²) in [5, 5.41) is 8.80. The van der Waals surface area contributed by atoms with E-state index in [1.54, 1.807) is 12.2 Å². The molecule has 1 aliphatic rings. The minimum Gasteiger partial charge on any atom is -0.481 e. The molecule has 0 radical (unpaired) electrons. The molecule has 1 aliphatic carbocycles. The predicted molar refractivity (Wildman–Crippen MR) is 45.3 cm³/mol. The number of carboxylic acids is 1. The van der Waals surface area contributed by atoms with Crippen molar-refractivity contribution in [3.05, 3.63) is 12.2 Å². The van der Waals surface area contributed by atoms with Crippen LogP contribution < -0.4 is 11.3 Å². The zero-order valence-electron chi connectivity index (χ0n) is 7.06. The number of carbonyl (C=O) groups excluding carboxylic acids is 1. The van der Waals surface area contributed by atoms with E-state index >= 15 is 0 Å². The Kier molecular flexibility index (Phi) is 3.02. The minimum absolute atomic E-state index is 0.441. The second-order valence-corrected chi connectivity index (χ2v) is 2.98. The fourth-order valence-electron chi connectivity index (χ4n) is 1.48. The van der Waals surface area contributed by atoms with Gasteiger partial charge in [-0.05, 0) is 12.8 Å². The standard InChI is InChI=1S/C8H12N2O3/c9-10-7(11)5-3-1-2-4-6(5)8(12)13/h1,3,5-6H,2,4,9H2,(H,10,11)(H,12,13). The monoisotopic (exact) mass is 184 g/mol. The first kappa shape index (κ1) is 9.73. The molecule has 5 heteroatoms. The number of amides is 1. The Balaban J connectivity index is 2.77. The quantitative estimate of drug-likeness (QED) is 0.236. The second kappa shape index (κ2) is 4.04. The number of nitrogens with two attached hydrogens (primary N) is 1. The molecule has 0 heterocycles. The Morgan fingerprint density at radius 2 is 2.23 bits per heavy atom. The van der Waals surface area contributed by atoms with E-state index in [4.69, 9.17) is 10.9 Å². The van der Waals surface area contributed by atoms with Gasteiger partial charge < -0.3 is 5.11 Å². The molecule has 13 heavy (non-hydrogen) atoms. The second-order valence-electron chi connectivity index (χ2n) is 2.98. The van der Waals surface area contributed by atoms with Gasteiger partial charge in [0.1, 0.15) is 0 Å². The van der Waals surface area contributed by atoms with Crippen LogP contribution >= 0.6 is 0 Å². The maximum Gasteiger partial charge on any atom is 0.307 e. The molecule has 72 valence electrons. The number of aliphatic carboxylic acids is 1. The summed E-state index contributed by atoms with van der Waals surface area (Å²) in [5.74, 6) is 2.28. The lowest BCUT2D eigenvalue weighted by atomic mass is 9.83. The summed E-state index contributed by atoms with van der Waals surface area (Å²) in [7, 11) is 0. The number of rotatable bonds is 2. The SMILES string of the molecule is NNC(=O)C1C=CCCC1C(=O)O. The number of carbonyl (C=O) groups is 2.